The minimum absolute atomic E-state index is 0.461. The summed E-state index contributed by atoms with van der Waals surface area (Å²) in [6, 6.07) is 17.0. The van der Waals surface area contributed by atoms with E-state index in [-0.39, 0.29) is 0 Å². The van der Waals surface area contributed by atoms with Crippen LogP contribution in [0.2, 0.25) is 0 Å². The van der Waals surface area contributed by atoms with Gasteiger partial charge in [0, 0.05) is 0 Å². The Labute approximate surface area is 118 Å². The lowest BCUT2D eigenvalue weighted by atomic mass is 9.98. The zero-order chi connectivity index (χ0) is 14.4. The van der Waals surface area contributed by atoms with Crippen LogP contribution < -0.4 is 0 Å². The summed E-state index contributed by atoms with van der Waals surface area (Å²) in [6.45, 7) is 4.13. The Hall–Kier alpha value is -2.49. The molecule has 0 aliphatic heterocycles. The van der Waals surface area contributed by atoms with Crippen LogP contribution in [0.1, 0.15) is 19.4 Å². The van der Waals surface area contributed by atoms with Crippen molar-refractivity contribution in [3.05, 3.63) is 60.2 Å². The van der Waals surface area contributed by atoms with E-state index in [1.54, 1.807) is 0 Å². The van der Waals surface area contributed by atoms with Crippen LogP contribution in [0.4, 0.5) is 11.4 Å². The second kappa shape index (κ2) is 6.10. The van der Waals surface area contributed by atoms with Crippen LogP contribution in [0.3, 0.4) is 0 Å². The average molecular weight is 268 g/mol. The average Bonchev–Trinajstić information content (AvgIpc) is 2.47. The van der Waals surface area contributed by atoms with Crippen molar-refractivity contribution in [1.82, 2.24) is 0 Å². The first-order valence-electron chi connectivity index (χ1n) is 6.30. The largest absolute Gasteiger partial charge is 0.457 e. The summed E-state index contributed by atoms with van der Waals surface area (Å²) < 4.78 is 5.05. The number of azo groups is 1. The number of carbonyl (C=O) groups excluding carboxylic acids is 1. The van der Waals surface area contributed by atoms with Crippen LogP contribution in [0.15, 0.2) is 64.8 Å². The fourth-order valence-corrected chi connectivity index (χ4v) is 1.73. The van der Waals surface area contributed by atoms with E-state index in [9.17, 15) is 4.79 Å². The van der Waals surface area contributed by atoms with Gasteiger partial charge in [-0.3, -0.25) is 4.79 Å². The van der Waals surface area contributed by atoms with Gasteiger partial charge in [0.15, 0.2) is 0 Å². The molecular weight excluding hydrogens is 252 g/mol. The number of rotatable bonds is 5. The van der Waals surface area contributed by atoms with Gasteiger partial charge < -0.3 is 4.74 Å². The molecule has 20 heavy (non-hydrogen) atoms. The summed E-state index contributed by atoms with van der Waals surface area (Å²) >= 11 is 0. The molecule has 102 valence electrons. The summed E-state index contributed by atoms with van der Waals surface area (Å²) in [5, 5.41) is 8.30. The van der Waals surface area contributed by atoms with E-state index in [0.29, 0.717) is 6.47 Å². The molecular formula is C16H16N2O2. The molecule has 0 heterocycles. The maximum absolute atomic E-state index is 10.5. The van der Waals surface area contributed by atoms with Crippen LogP contribution in [-0.4, -0.2) is 6.47 Å². The van der Waals surface area contributed by atoms with Gasteiger partial charge in [0.2, 0.25) is 0 Å². The summed E-state index contributed by atoms with van der Waals surface area (Å²) in [6.07, 6.45) is 0. The monoisotopic (exact) mass is 268 g/mol. The molecule has 0 aliphatic rings. The van der Waals surface area contributed by atoms with Crippen molar-refractivity contribution >= 4 is 17.8 Å². The zero-order valence-corrected chi connectivity index (χ0v) is 11.5. The quantitative estimate of drug-likeness (QED) is 0.591. The number of benzene rings is 2. The number of ether oxygens (including phenoxy) is 1. The van der Waals surface area contributed by atoms with Crippen LogP contribution >= 0.6 is 0 Å². The molecule has 0 amide bonds. The molecule has 0 saturated carbocycles. The van der Waals surface area contributed by atoms with Gasteiger partial charge in [-0.2, -0.15) is 10.2 Å². The maximum Gasteiger partial charge on any atom is 0.293 e. The van der Waals surface area contributed by atoms with E-state index in [0.717, 1.165) is 16.9 Å². The van der Waals surface area contributed by atoms with Gasteiger partial charge in [-0.05, 0) is 43.7 Å². The van der Waals surface area contributed by atoms with Crippen LogP contribution in [0.5, 0.6) is 0 Å². The van der Waals surface area contributed by atoms with Crippen molar-refractivity contribution in [2.24, 2.45) is 10.2 Å². The number of hydrogen-bond acceptors (Lipinski definition) is 4. The third kappa shape index (κ3) is 3.51. The fourth-order valence-electron chi connectivity index (χ4n) is 1.73. The van der Waals surface area contributed by atoms with Gasteiger partial charge in [-0.15, -0.1) is 0 Å². The number of carbonyl (C=O) groups is 1. The first-order valence-corrected chi connectivity index (χ1v) is 6.30. The van der Waals surface area contributed by atoms with Gasteiger partial charge in [0.1, 0.15) is 5.60 Å². The third-order valence-electron chi connectivity index (χ3n) is 2.94. The Bertz CT molecular complexity index is 590. The Morgan fingerprint density at radius 1 is 0.900 bits per heavy atom. The first kappa shape index (κ1) is 13.9. The Balaban J connectivity index is 2.13. The van der Waals surface area contributed by atoms with E-state index in [1.165, 1.54) is 0 Å². The fraction of sp³-hybridized carbons (Fsp3) is 0.188. The molecule has 0 unspecified atom stereocenters. The lowest BCUT2D eigenvalue weighted by molar-refractivity contribution is -0.141. The second-order valence-electron chi connectivity index (χ2n) is 4.81. The molecule has 0 spiro atoms. The molecule has 0 saturated heterocycles. The van der Waals surface area contributed by atoms with Crippen molar-refractivity contribution in [3.8, 4) is 0 Å². The predicted molar refractivity (Wildman–Crippen MR) is 77.2 cm³/mol. The van der Waals surface area contributed by atoms with E-state index < -0.39 is 5.60 Å². The van der Waals surface area contributed by atoms with Gasteiger partial charge in [-0.1, -0.05) is 30.3 Å². The highest BCUT2D eigenvalue weighted by molar-refractivity contribution is 5.44. The topological polar surface area (TPSA) is 51.0 Å². The molecule has 2 rings (SSSR count). The van der Waals surface area contributed by atoms with Crippen molar-refractivity contribution in [3.63, 3.8) is 0 Å². The van der Waals surface area contributed by atoms with E-state index in [4.69, 9.17) is 4.74 Å². The molecule has 0 radical (unpaired) electrons. The van der Waals surface area contributed by atoms with Crippen molar-refractivity contribution in [2.45, 2.75) is 19.4 Å². The zero-order valence-electron chi connectivity index (χ0n) is 11.5. The smallest absolute Gasteiger partial charge is 0.293 e. The molecule has 0 bridgehead atoms. The van der Waals surface area contributed by atoms with E-state index in [1.807, 2.05) is 68.4 Å². The number of hydrogen-bond donors (Lipinski definition) is 0. The maximum atomic E-state index is 10.5. The van der Waals surface area contributed by atoms with Crippen LogP contribution in [-0.2, 0) is 15.1 Å². The Morgan fingerprint density at radius 3 is 2.00 bits per heavy atom. The second-order valence-corrected chi connectivity index (χ2v) is 4.81. The molecule has 2 aromatic carbocycles. The highest BCUT2D eigenvalue weighted by Crippen LogP contribution is 2.26. The molecule has 0 N–H and O–H groups in total. The summed E-state index contributed by atoms with van der Waals surface area (Å²) in [4.78, 5) is 10.5. The minimum atomic E-state index is -0.642. The lowest BCUT2D eigenvalue weighted by Gasteiger charge is -2.22. The van der Waals surface area contributed by atoms with Crippen LogP contribution in [0, 0.1) is 0 Å². The van der Waals surface area contributed by atoms with E-state index >= 15 is 0 Å². The van der Waals surface area contributed by atoms with Gasteiger partial charge >= 0.3 is 0 Å². The Morgan fingerprint density at radius 2 is 1.45 bits per heavy atom. The molecule has 4 heteroatoms. The summed E-state index contributed by atoms with van der Waals surface area (Å²) in [5.74, 6) is 0. The predicted octanol–water partition coefficient (Wildman–Crippen LogP) is 4.51. The van der Waals surface area contributed by atoms with Crippen molar-refractivity contribution < 1.29 is 9.53 Å². The highest BCUT2D eigenvalue weighted by Gasteiger charge is 2.21. The minimum Gasteiger partial charge on any atom is -0.457 e. The van der Waals surface area contributed by atoms with Gasteiger partial charge in [0.25, 0.3) is 6.47 Å². The summed E-state index contributed by atoms with van der Waals surface area (Å²) in [7, 11) is 0. The molecule has 0 fully saturated rings. The molecule has 0 aliphatic carbocycles. The molecule has 4 nitrogen and oxygen atoms in total. The van der Waals surface area contributed by atoms with Gasteiger partial charge in [-0.25, -0.2) is 0 Å². The SMILES string of the molecule is CC(C)(OC=O)c1ccc(N=Nc2ccccc2)cc1. The first-order chi connectivity index (χ1) is 9.62. The van der Waals surface area contributed by atoms with Gasteiger partial charge in [0.05, 0.1) is 11.4 Å². The molecule has 0 aromatic heterocycles. The number of nitrogens with zero attached hydrogens (tertiary/aromatic N) is 2. The molecule has 2 aromatic rings. The van der Waals surface area contributed by atoms with E-state index in [2.05, 4.69) is 10.2 Å². The lowest BCUT2D eigenvalue weighted by Crippen LogP contribution is -2.20. The Kier molecular flexibility index (Phi) is 4.25. The standard InChI is InChI=1S/C16H16N2O2/c1-16(2,20-12-19)13-8-10-15(11-9-13)18-17-14-6-4-3-5-7-14/h3-12H,1-2H3. The normalized spacial score (nSPS) is 11.5. The molecule has 0 atom stereocenters. The van der Waals surface area contributed by atoms with Crippen molar-refractivity contribution in [1.29, 1.82) is 0 Å². The highest BCUT2D eigenvalue weighted by atomic mass is 16.5. The van der Waals surface area contributed by atoms with Crippen LogP contribution in [0.25, 0.3) is 0 Å². The third-order valence-corrected chi connectivity index (χ3v) is 2.94. The summed E-state index contributed by atoms with van der Waals surface area (Å²) in [5.41, 5.74) is 1.82. The van der Waals surface area contributed by atoms with Crippen molar-refractivity contribution in [2.75, 3.05) is 0 Å².